The average Bonchev–Trinajstić information content (AvgIpc) is 2.97. The summed E-state index contributed by atoms with van der Waals surface area (Å²) in [5, 5.41) is 15.8. The molecule has 4 aromatic carbocycles. The first kappa shape index (κ1) is 27.1. The summed E-state index contributed by atoms with van der Waals surface area (Å²) in [5.74, 6) is -1.28. The number of benzene rings is 4. The zero-order valence-corrected chi connectivity index (χ0v) is 21.5. The minimum atomic E-state index is -0.641. The number of nitro groups is 1. The number of amides is 2. The SMILES string of the molecule is COC(=O)c1ccccc1NC(=O)C(Sc1ccc(NC(=O)c2ccc([N+](=O)[O-])cc2)cc1)c1ccccc1. The molecule has 1 unspecified atom stereocenters. The van der Waals surface area contributed by atoms with Crippen LogP contribution in [0, 0.1) is 10.1 Å². The number of carbonyl (C=O) groups is 3. The minimum Gasteiger partial charge on any atom is -0.465 e. The molecule has 0 aliphatic carbocycles. The molecule has 0 aliphatic rings. The molecule has 0 fully saturated rings. The van der Waals surface area contributed by atoms with Crippen molar-refractivity contribution in [3.63, 3.8) is 0 Å². The van der Waals surface area contributed by atoms with Crippen molar-refractivity contribution in [2.45, 2.75) is 10.1 Å². The predicted octanol–water partition coefficient (Wildman–Crippen LogP) is 6.11. The van der Waals surface area contributed by atoms with E-state index in [-0.39, 0.29) is 22.7 Å². The van der Waals surface area contributed by atoms with Gasteiger partial charge in [-0.05, 0) is 54.1 Å². The van der Waals surface area contributed by atoms with Crippen molar-refractivity contribution < 1.29 is 24.0 Å². The number of rotatable bonds is 9. The fraction of sp³-hybridized carbons (Fsp3) is 0.0690. The Balaban J connectivity index is 1.49. The first-order valence-corrected chi connectivity index (χ1v) is 12.6. The number of ether oxygens (including phenoxy) is 1. The van der Waals surface area contributed by atoms with Gasteiger partial charge < -0.3 is 15.4 Å². The summed E-state index contributed by atoms with van der Waals surface area (Å²) in [6.45, 7) is 0. The number of hydrogen-bond donors (Lipinski definition) is 2. The smallest absolute Gasteiger partial charge is 0.339 e. The van der Waals surface area contributed by atoms with Gasteiger partial charge in [-0.1, -0.05) is 42.5 Å². The molecule has 0 radical (unpaired) electrons. The fourth-order valence-corrected chi connectivity index (χ4v) is 4.69. The Labute approximate surface area is 228 Å². The molecular weight excluding hydrogens is 518 g/mol. The number of thioether (sulfide) groups is 1. The Morgan fingerprint density at radius 1 is 0.821 bits per heavy atom. The van der Waals surface area contributed by atoms with E-state index in [1.165, 1.54) is 43.1 Å². The quantitative estimate of drug-likeness (QED) is 0.113. The van der Waals surface area contributed by atoms with E-state index in [1.807, 2.05) is 30.3 Å². The van der Waals surface area contributed by atoms with Gasteiger partial charge in [0.25, 0.3) is 11.6 Å². The molecule has 4 rings (SSSR count). The second-order valence-corrected chi connectivity index (χ2v) is 9.40. The van der Waals surface area contributed by atoms with Gasteiger partial charge in [0.05, 0.1) is 23.3 Å². The zero-order chi connectivity index (χ0) is 27.8. The number of non-ortho nitro benzene ring substituents is 1. The standard InChI is InChI=1S/C29H23N3O6S/c1-38-29(35)24-9-5-6-10-25(24)31-28(34)26(19-7-3-2-4-8-19)39-23-17-13-21(14-18-23)30-27(33)20-11-15-22(16-12-20)32(36)37/h2-18,26H,1H3,(H,30,33)(H,31,34). The molecule has 0 saturated heterocycles. The molecule has 0 aromatic heterocycles. The molecule has 0 aliphatic heterocycles. The van der Waals surface area contributed by atoms with Crippen molar-refractivity contribution in [2.75, 3.05) is 17.7 Å². The molecule has 9 nitrogen and oxygen atoms in total. The van der Waals surface area contributed by atoms with Crippen LogP contribution in [0.25, 0.3) is 0 Å². The van der Waals surface area contributed by atoms with Crippen LogP contribution in [0.15, 0.2) is 108 Å². The van der Waals surface area contributed by atoms with E-state index in [0.29, 0.717) is 11.4 Å². The lowest BCUT2D eigenvalue weighted by atomic mass is 10.1. The summed E-state index contributed by atoms with van der Waals surface area (Å²) < 4.78 is 4.83. The molecule has 0 heterocycles. The molecule has 0 saturated carbocycles. The van der Waals surface area contributed by atoms with Crippen molar-refractivity contribution in [3.05, 3.63) is 130 Å². The van der Waals surface area contributed by atoms with Gasteiger partial charge in [0.2, 0.25) is 5.91 Å². The van der Waals surface area contributed by atoms with E-state index >= 15 is 0 Å². The maximum absolute atomic E-state index is 13.4. The lowest BCUT2D eigenvalue weighted by Crippen LogP contribution is -2.20. The van der Waals surface area contributed by atoms with Gasteiger partial charge in [-0.15, -0.1) is 11.8 Å². The van der Waals surface area contributed by atoms with E-state index < -0.39 is 22.0 Å². The van der Waals surface area contributed by atoms with Crippen molar-refractivity contribution in [1.29, 1.82) is 0 Å². The van der Waals surface area contributed by atoms with E-state index in [0.717, 1.165) is 10.5 Å². The predicted molar refractivity (Wildman–Crippen MR) is 149 cm³/mol. The number of hydrogen-bond acceptors (Lipinski definition) is 7. The van der Waals surface area contributed by atoms with E-state index in [2.05, 4.69) is 10.6 Å². The Kier molecular flexibility index (Phi) is 8.70. The summed E-state index contributed by atoms with van der Waals surface area (Å²) in [6.07, 6.45) is 0. The fourth-order valence-electron chi connectivity index (χ4n) is 3.67. The normalized spacial score (nSPS) is 11.2. The minimum absolute atomic E-state index is 0.0984. The lowest BCUT2D eigenvalue weighted by molar-refractivity contribution is -0.384. The van der Waals surface area contributed by atoms with E-state index in [1.54, 1.807) is 48.5 Å². The first-order chi connectivity index (χ1) is 18.9. The molecular formula is C29H23N3O6S. The Hall–Kier alpha value is -4.96. The third-order valence-electron chi connectivity index (χ3n) is 5.64. The van der Waals surface area contributed by atoms with E-state index in [4.69, 9.17) is 4.74 Å². The first-order valence-electron chi connectivity index (χ1n) is 11.7. The zero-order valence-electron chi connectivity index (χ0n) is 20.7. The second-order valence-electron chi connectivity index (χ2n) is 8.22. The van der Waals surface area contributed by atoms with Crippen LogP contribution in [-0.4, -0.2) is 29.8 Å². The Morgan fingerprint density at radius 2 is 1.46 bits per heavy atom. The topological polar surface area (TPSA) is 128 Å². The number of esters is 1. The number of nitrogens with one attached hydrogen (secondary N) is 2. The van der Waals surface area contributed by atoms with Crippen LogP contribution in [0.3, 0.4) is 0 Å². The summed E-state index contributed by atoms with van der Waals surface area (Å²) in [4.78, 5) is 49.2. The molecule has 4 aromatic rings. The highest BCUT2D eigenvalue weighted by Gasteiger charge is 2.24. The van der Waals surface area contributed by atoms with Gasteiger partial charge in [0.1, 0.15) is 5.25 Å². The molecule has 10 heteroatoms. The molecule has 2 N–H and O–H groups in total. The van der Waals surface area contributed by atoms with Gasteiger partial charge >= 0.3 is 5.97 Å². The van der Waals surface area contributed by atoms with Gasteiger partial charge in [0.15, 0.2) is 0 Å². The molecule has 0 bridgehead atoms. The maximum atomic E-state index is 13.4. The van der Waals surface area contributed by atoms with Crippen LogP contribution in [0.5, 0.6) is 0 Å². The monoisotopic (exact) mass is 541 g/mol. The number of methoxy groups -OCH3 is 1. The molecule has 2 amide bonds. The van der Waals surface area contributed by atoms with Crippen molar-refractivity contribution in [3.8, 4) is 0 Å². The Bertz CT molecular complexity index is 1490. The molecule has 0 spiro atoms. The van der Waals surface area contributed by atoms with Gasteiger partial charge in [0, 0.05) is 28.3 Å². The summed E-state index contributed by atoms with van der Waals surface area (Å²) in [5.41, 5.74) is 2.07. The second kappa shape index (κ2) is 12.5. The Morgan fingerprint density at radius 3 is 2.10 bits per heavy atom. The van der Waals surface area contributed by atoms with Crippen molar-refractivity contribution >= 4 is 46.6 Å². The van der Waals surface area contributed by atoms with Gasteiger partial charge in [-0.3, -0.25) is 19.7 Å². The third-order valence-corrected chi connectivity index (χ3v) is 6.90. The summed E-state index contributed by atoms with van der Waals surface area (Å²) in [6, 6.07) is 28.2. The maximum Gasteiger partial charge on any atom is 0.339 e. The van der Waals surface area contributed by atoms with Gasteiger partial charge in [-0.25, -0.2) is 4.79 Å². The largest absolute Gasteiger partial charge is 0.465 e. The van der Waals surface area contributed by atoms with Crippen LogP contribution in [0.2, 0.25) is 0 Å². The lowest BCUT2D eigenvalue weighted by Gasteiger charge is -2.18. The number of anilines is 2. The van der Waals surface area contributed by atoms with Crippen molar-refractivity contribution in [2.24, 2.45) is 0 Å². The third kappa shape index (κ3) is 6.88. The van der Waals surface area contributed by atoms with Crippen molar-refractivity contribution in [1.82, 2.24) is 0 Å². The highest BCUT2D eigenvalue weighted by atomic mass is 32.2. The number of carbonyl (C=O) groups excluding carboxylic acids is 3. The molecule has 196 valence electrons. The van der Waals surface area contributed by atoms with E-state index in [9.17, 15) is 24.5 Å². The summed E-state index contributed by atoms with van der Waals surface area (Å²) in [7, 11) is 1.28. The number of nitrogens with zero attached hydrogens (tertiary/aromatic N) is 1. The van der Waals surface area contributed by atoms with Crippen LogP contribution in [0.4, 0.5) is 17.1 Å². The van der Waals surface area contributed by atoms with Crippen LogP contribution in [0.1, 0.15) is 31.5 Å². The number of nitro benzene ring substituents is 1. The van der Waals surface area contributed by atoms with Crippen LogP contribution < -0.4 is 10.6 Å². The summed E-state index contributed by atoms with van der Waals surface area (Å²) >= 11 is 1.31. The highest BCUT2D eigenvalue weighted by molar-refractivity contribution is 8.00. The molecule has 39 heavy (non-hydrogen) atoms. The highest BCUT2D eigenvalue weighted by Crippen LogP contribution is 2.37. The van der Waals surface area contributed by atoms with Crippen LogP contribution >= 0.6 is 11.8 Å². The number of para-hydroxylation sites is 1. The van der Waals surface area contributed by atoms with Gasteiger partial charge in [-0.2, -0.15) is 0 Å². The average molecular weight is 542 g/mol. The molecule has 1 atom stereocenters. The van der Waals surface area contributed by atoms with Crippen LogP contribution in [-0.2, 0) is 9.53 Å².